The normalized spacial score (nSPS) is 14.5. The summed E-state index contributed by atoms with van der Waals surface area (Å²) in [7, 11) is 0. The summed E-state index contributed by atoms with van der Waals surface area (Å²) in [4.78, 5) is 27.3. The highest BCUT2D eigenvalue weighted by molar-refractivity contribution is 8.04. The van der Waals surface area contributed by atoms with Gasteiger partial charge in [-0.15, -0.1) is 11.8 Å². The molecule has 0 spiro atoms. The zero-order chi connectivity index (χ0) is 18.8. The second-order valence-electron chi connectivity index (χ2n) is 5.66. The van der Waals surface area contributed by atoms with Crippen molar-refractivity contribution in [1.29, 1.82) is 0 Å². The molecule has 1 heterocycles. The van der Waals surface area contributed by atoms with Crippen LogP contribution in [-0.4, -0.2) is 29.3 Å². The summed E-state index contributed by atoms with van der Waals surface area (Å²) in [5.41, 5.74) is 1.80. The highest BCUT2D eigenvalue weighted by atomic mass is 35.5. The minimum absolute atomic E-state index is 0.133. The molecule has 7 heteroatoms. The zero-order valence-corrected chi connectivity index (χ0v) is 15.4. The van der Waals surface area contributed by atoms with Gasteiger partial charge in [0.15, 0.2) is 0 Å². The lowest BCUT2D eigenvalue weighted by Crippen LogP contribution is -2.32. The fourth-order valence-corrected chi connectivity index (χ4v) is 3.84. The number of imide groups is 1. The van der Waals surface area contributed by atoms with Gasteiger partial charge in [0.05, 0.1) is 22.8 Å². The van der Waals surface area contributed by atoms with Crippen molar-refractivity contribution < 1.29 is 19.1 Å². The molecule has 0 bridgehead atoms. The first-order valence-electron chi connectivity index (χ1n) is 7.83. The highest BCUT2D eigenvalue weighted by Gasteiger charge is 2.40. The largest absolute Gasteiger partial charge is 0.396 e. The van der Waals surface area contributed by atoms with E-state index in [2.05, 4.69) is 0 Å². The Balaban J connectivity index is 2.09. The van der Waals surface area contributed by atoms with E-state index in [1.165, 1.54) is 24.3 Å². The van der Waals surface area contributed by atoms with E-state index >= 15 is 0 Å². The van der Waals surface area contributed by atoms with Crippen LogP contribution >= 0.6 is 23.4 Å². The van der Waals surface area contributed by atoms with E-state index in [0.29, 0.717) is 21.8 Å². The lowest BCUT2D eigenvalue weighted by atomic mass is 10.1. The number of halogens is 2. The number of rotatable bonds is 5. The highest BCUT2D eigenvalue weighted by Crippen LogP contribution is 2.39. The topological polar surface area (TPSA) is 57.6 Å². The molecule has 3 rings (SSSR count). The van der Waals surface area contributed by atoms with Crippen LogP contribution < -0.4 is 4.90 Å². The maximum atomic E-state index is 13.3. The molecule has 0 fully saturated rings. The first-order chi connectivity index (χ1) is 12.4. The minimum atomic E-state index is -0.479. The monoisotopic (exact) mass is 391 g/mol. The number of hydrogen-bond acceptors (Lipinski definition) is 4. The van der Waals surface area contributed by atoms with Crippen molar-refractivity contribution in [3.05, 3.63) is 69.3 Å². The lowest BCUT2D eigenvalue weighted by molar-refractivity contribution is -0.119. The SMILES string of the molecule is Cc1cc(Cl)ccc1N1C(=O)C(SCCO)=C(c2ccc(F)cc2)C1=O. The summed E-state index contributed by atoms with van der Waals surface area (Å²) in [6.45, 7) is 1.63. The van der Waals surface area contributed by atoms with E-state index in [1.807, 2.05) is 0 Å². The van der Waals surface area contributed by atoms with E-state index in [-0.39, 0.29) is 22.8 Å². The van der Waals surface area contributed by atoms with E-state index < -0.39 is 17.6 Å². The molecule has 2 aromatic rings. The number of carbonyl (C=O) groups excluding carboxylic acids is 2. The van der Waals surface area contributed by atoms with Crippen LogP contribution in [0.25, 0.3) is 5.57 Å². The van der Waals surface area contributed by atoms with Crippen LogP contribution in [0, 0.1) is 12.7 Å². The summed E-state index contributed by atoms with van der Waals surface area (Å²) < 4.78 is 13.3. The summed E-state index contributed by atoms with van der Waals surface area (Å²) in [6.07, 6.45) is 0. The van der Waals surface area contributed by atoms with Crippen LogP contribution in [0.2, 0.25) is 5.02 Å². The van der Waals surface area contributed by atoms with Gasteiger partial charge in [0.2, 0.25) is 0 Å². The van der Waals surface area contributed by atoms with Gasteiger partial charge in [0.1, 0.15) is 5.82 Å². The fourth-order valence-electron chi connectivity index (χ4n) is 2.75. The molecule has 1 N–H and O–H groups in total. The Kier molecular flexibility index (Phi) is 5.46. The summed E-state index contributed by atoms with van der Waals surface area (Å²) in [5, 5.41) is 9.62. The molecule has 0 radical (unpaired) electrons. The first kappa shape index (κ1) is 18.6. The molecule has 134 valence electrons. The van der Waals surface area contributed by atoms with Crippen molar-refractivity contribution in [2.24, 2.45) is 0 Å². The van der Waals surface area contributed by atoms with E-state index in [4.69, 9.17) is 16.7 Å². The molecule has 0 aliphatic carbocycles. The van der Waals surface area contributed by atoms with Crippen molar-refractivity contribution in [3.8, 4) is 0 Å². The average molecular weight is 392 g/mol. The fraction of sp³-hybridized carbons (Fsp3) is 0.158. The molecule has 0 saturated heterocycles. The molecule has 2 amide bonds. The van der Waals surface area contributed by atoms with Crippen LogP contribution in [0.1, 0.15) is 11.1 Å². The minimum Gasteiger partial charge on any atom is -0.396 e. The molecule has 0 saturated carbocycles. The molecule has 26 heavy (non-hydrogen) atoms. The second kappa shape index (κ2) is 7.61. The maximum Gasteiger partial charge on any atom is 0.272 e. The number of amides is 2. The summed E-state index contributed by atoms with van der Waals surface area (Å²) in [5.74, 6) is -1.10. The van der Waals surface area contributed by atoms with Crippen LogP contribution in [0.4, 0.5) is 10.1 Å². The van der Waals surface area contributed by atoms with Crippen LogP contribution in [-0.2, 0) is 9.59 Å². The molecular formula is C19H15ClFNO3S. The Morgan fingerprint density at radius 2 is 1.81 bits per heavy atom. The first-order valence-corrected chi connectivity index (χ1v) is 9.19. The average Bonchev–Trinajstić information content (AvgIpc) is 2.85. The van der Waals surface area contributed by atoms with Gasteiger partial charge < -0.3 is 5.11 Å². The van der Waals surface area contributed by atoms with Crippen molar-refractivity contribution in [2.45, 2.75) is 6.92 Å². The number of aryl methyl sites for hydroxylation is 1. The number of benzene rings is 2. The van der Waals surface area contributed by atoms with Gasteiger partial charge in [-0.2, -0.15) is 0 Å². The van der Waals surface area contributed by atoms with Gasteiger partial charge in [0.25, 0.3) is 11.8 Å². The number of aliphatic hydroxyl groups is 1. The molecule has 0 atom stereocenters. The molecule has 1 aliphatic heterocycles. The van der Waals surface area contributed by atoms with E-state index in [9.17, 15) is 14.0 Å². The van der Waals surface area contributed by atoms with Gasteiger partial charge in [-0.05, 0) is 48.4 Å². The number of thioether (sulfide) groups is 1. The molecular weight excluding hydrogens is 377 g/mol. The maximum absolute atomic E-state index is 13.3. The quantitative estimate of drug-likeness (QED) is 0.788. The number of aliphatic hydroxyl groups excluding tert-OH is 1. The van der Waals surface area contributed by atoms with Crippen LogP contribution in [0.3, 0.4) is 0 Å². The predicted molar refractivity (Wildman–Crippen MR) is 102 cm³/mol. The third-order valence-electron chi connectivity index (χ3n) is 3.91. The Bertz CT molecular complexity index is 912. The van der Waals surface area contributed by atoms with Crippen LogP contribution in [0.5, 0.6) is 0 Å². The zero-order valence-electron chi connectivity index (χ0n) is 13.8. The third kappa shape index (κ3) is 3.40. The number of hydrogen-bond donors (Lipinski definition) is 1. The number of carbonyl (C=O) groups is 2. The van der Waals surface area contributed by atoms with Gasteiger partial charge in [-0.1, -0.05) is 23.7 Å². The van der Waals surface area contributed by atoms with Crippen molar-refractivity contribution in [2.75, 3.05) is 17.3 Å². The van der Waals surface area contributed by atoms with Gasteiger partial charge in [0, 0.05) is 10.8 Å². The molecule has 1 aliphatic rings. The Labute approximate surface area is 159 Å². The van der Waals surface area contributed by atoms with Crippen molar-refractivity contribution >= 4 is 46.4 Å². The third-order valence-corrected chi connectivity index (χ3v) is 5.20. The lowest BCUT2D eigenvalue weighted by Gasteiger charge is -2.18. The molecule has 0 aromatic heterocycles. The van der Waals surface area contributed by atoms with Crippen LogP contribution in [0.15, 0.2) is 47.4 Å². The standard InChI is InChI=1S/C19H15ClFNO3S/c1-11-10-13(20)4-7-15(11)22-18(24)16(12-2-5-14(21)6-3-12)17(19(22)25)26-9-8-23/h2-7,10,23H,8-9H2,1H3. The molecule has 2 aromatic carbocycles. The van der Waals surface area contributed by atoms with Gasteiger partial charge >= 0.3 is 0 Å². The molecule has 0 unspecified atom stereocenters. The smallest absolute Gasteiger partial charge is 0.272 e. The second-order valence-corrected chi connectivity index (χ2v) is 7.20. The van der Waals surface area contributed by atoms with E-state index in [1.54, 1.807) is 25.1 Å². The van der Waals surface area contributed by atoms with E-state index in [0.717, 1.165) is 16.7 Å². The number of nitrogens with zero attached hydrogens (tertiary/aromatic N) is 1. The number of anilines is 1. The predicted octanol–water partition coefficient (Wildman–Crippen LogP) is 3.80. The van der Waals surface area contributed by atoms with Gasteiger partial charge in [-0.25, -0.2) is 9.29 Å². The Morgan fingerprint density at radius 1 is 1.12 bits per heavy atom. The van der Waals surface area contributed by atoms with Crippen molar-refractivity contribution in [1.82, 2.24) is 0 Å². The van der Waals surface area contributed by atoms with Gasteiger partial charge in [-0.3, -0.25) is 9.59 Å². The van der Waals surface area contributed by atoms with Crippen molar-refractivity contribution in [3.63, 3.8) is 0 Å². The Morgan fingerprint density at radius 3 is 2.42 bits per heavy atom. The molecule has 4 nitrogen and oxygen atoms in total. The Hall–Kier alpha value is -2.15. The summed E-state index contributed by atoms with van der Waals surface area (Å²) >= 11 is 7.08. The summed E-state index contributed by atoms with van der Waals surface area (Å²) in [6, 6.07) is 10.3.